The number of fused-ring (bicyclic) bond motifs is 1. The first kappa shape index (κ1) is 16.4. The molecule has 0 amide bonds. The second kappa shape index (κ2) is 7.45. The molecule has 0 radical (unpaired) electrons. The minimum absolute atomic E-state index is 0.369. The van der Waals surface area contributed by atoms with Crippen LogP contribution in [-0.2, 0) is 17.6 Å². The van der Waals surface area contributed by atoms with E-state index in [9.17, 15) is 5.11 Å². The fourth-order valence-electron chi connectivity index (χ4n) is 3.14. The highest BCUT2D eigenvalue weighted by atomic mass is 16.5. The number of aliphatic hydroxyl groups excluding tert-OH is 1. The van der Waals surface area contributed by atoms with Crippen molar-refractivity contribution in [3.05, 3.63) is 35.8 Å². The Kier molecular flexibility index (Phi) is 4.90. The smallest absolute Gasteiger partial charge is 0.161 e. The van der Waals surface area contributed by atoms with E-state index in [1.165, 1.54) is 18.4 Å². The van der Waals surface area contributed by atoms with Crippen molar-refractivity contribution < 1.29 is 9.84 Å². The van der Waals surface area contributed by atoms with Gasteiger partial charge >= 0.3 is 0 Å². The zero-order valence-corrected chi connectivity index (χ0v) is 14.3. The average molecular weight is 340 g/mol. The normalized spacial score (nSPS) is 17.3. The maximum Gasteiger partial charge on any atom is 0.161 e. The SMILES string of the molecule is O[C@@H](CNc1nc(-c2ccncc2)nc2c1CCC2)COCC1CC1. The lowest BCUT2D eigenvalue weighted by atomic mass is 10.2. The summed E-state index contributed by atoms with van der Waals surface area (Å²) in [7, 11) is 0. The molecular weight excluding hydrogens is 316 g/mol. The van der Waals surface area contributed by atoms with Crippen LogP contribution in [0.4, 0.5) is 5.82 Å². The topological polar surface area (TPSA) is 80.2 Å². The summed E-state index contributed by atoms with van der Waals surface area (Å²) in [4.78, 5) is 13.5. The molecule has 0 aliphatic heterocycles. The maximum absolute atomic E-state index is 10.1. The Labute approximate surface area is 147 Å². The van der Waals surface area contributed by atoms with Gasteiger partial charge in [0.1, 0.15) is 5.82 Å². The molecule has 6 heteroatoms. The van der Waals surface area contributed by atoms with Gasteiger partial charge in [0, 0.05) is 42.4 Å². The Morgan fingerprint density at radius 2 is 2.04 bits per heavy atom. The molecule has 1 saturated carbocycles. The van der Waals surface area contributed by atoms with Crippen LogP contribution in [0.25, 0.3) is 11.4 Å². The van der Waals surface area contributed by atoms with Crippen molar-refractivity contribution in [3.8, 4) is 11.4 Å². The van der Waals surface area contributed by atoms with Crippen LogP contribution in [0.3, 0.4) is 0 Å². The first-order chi connectivity index (χ1) is 12.3. The lowest BCUT2D eigenvalue weighted by Gasteiger charge is -2.15. The summed E-state index contributed by atoms with van der Waals surface area (Å²) in [6.07, 6.45) is 8.57. The summed E-state index contributed by atoms with van der Waals surface area (Å²) in [5.74, 6) is 2.27. The maximum atomic E-state index is 10.1. The molecule has 2 aliphatic rings. The third-order valence-corrected chi connectivity index (χ3v) is 4.74. The highest BCUT2D eigenvalue weighted by Crippen LogP contribution is 2.30. The zero-order chi connectivity index (χ0) is 17.1. The van der Waals surface area contributed by atoms with Gasteiger partial charge in [-0.25, -0.2) is 9.97 Å². The van der Waals surface area contributed by atoms with Crippen LogP contribution in [0.5, 0.6) is 0 Å². The number of ether oxygens (including phenoxy) is 1. The summed E-state index contributed by atoms with van der Waals surface area (Å²) in [6.45, 7) is 1.57. The number of aryl methyl sites for hydroxylation is 1. The van der Waals surface area contributed by atoms with Crippen molar-refractivity contribution in [2.24, 2.45) is 5.92 Å². The van der Waals surface area contributed by atoms with Gasteiger partial charge in [-0.1, -0.05) is 0 Å². The van der Waals surface area contributed by atoms with Gasteiger partial charge in [0.25, 0.3) is 0 Å². The molecule has 4 rings (SSSR count). The number of aromatic nitrogens is 3. The standard InChI is InChI=1S/C19H24N4O2/c24-15(12-25-11-13-4-5-13)10-21-19-16-2-1-3-17(16)22-18(23-19)14-6-8-20-9-7-14/h6-9,13,15,24H,1-5,10-12H2,(H,21,22,23)/t15-/m0/s1. The minimum Gasteiger partial charge on any atom is -0.389 e. The number of nitrogens with one attached hydrogen (secondary N) is 1. The second-order valence-electron chi connectivity index (χ2n) is 6.93. The number of rotatable bonds is 8. The summed E-state index contributed by atoms with van der Waals surface area (Å²) >= 11 is 0. The van der Waals surface area contributed by atoms with E-state index in [-0.39, 0.29) is 0 Å². The van der Waals surface area contributed by atoms with Crippen LogP contribution in [-0.4, -0.2) is 45.9 Å². The van der Waals surface area contributed by atoms with Crippen molar-refractivity contribution in [1.29, 1.82) is 0 Å². The van der Waals surface area contributed by atoms with Crippen molar-refractivity contribution >= 4 is 5.82 Å². The Balaban J connectivity index is 1.43. The fourth-order valence-corrected chi connectivity index (χ4v) is 3.14. The zero-order valence-electron chi connectivity index (χ0n) is 14.3. The first-order valence-electron chi connectivity index (χ1n) is 9.09. The number of hydrogen-bond donors (Lipinski definition) is 2. The molecule has 2 aromatic rings. The summed E-state index contributed by atoms with van der Waals surface area (Å²) in [5, 5.41) is 13.5. The highest BCUT2D eigenvalue weighted by Gasteiger charge is 2.22. The van der Waals surface area contributed by atoms with E-state index >= 15 is 0 Å². The molecule has 2 N–H and O–H groups in total. The predicted octanol–water partition coefficient (Wildman–Crippen LogP) is 2.23. The molecule has 2 aliphatic carbocycles. The van der Waals surface area contributed by atoms with Crippen molar-refractivity contribution in [2.45, 2.75) is 38.2 Å². The van der Waals surface area contributed by atoms with Gasteiger partial charge in [-0.2, -0.15) is 0 Å². The number of pyridine rings is 1. The van der Waals surface area contributed by atoms with E-state index in [0.29, 0.717) is 24.9 Å². The quantitative estimate of drug-likeness (QED) is 0.767. The molecule has 0 aromatic carbocycles. The lowest BCUT2D eigenvalue weighted by Crippen LogP contribution is -2.26. The molecule has 132 valence electrons. The number of nitrogens with zero attached hydrogens (tertiary/aromatic N) is 3. The molecule has 0 bridgehead atoms. The Hall–Kier alpha value is -2.05. The Morgan fingerprint density at radius 1 is 1.20 bits per heavy atom. The molecular formula is C19H24N4O2. The fraction of sp³-hybridized carbons (Fsp3) is 0.526. The largest absolute Gasteiger partial charge is 0.389 e. The molecule has 2 aromatic heterocycles. The predicted molar refractivity (Wildman–Crippen MR) is 95.3 cm³/mol. The van der Waals surface area contributed by atoms with Crippen molar-refractivity contribution in [1.82, 2.24) is 15.0 Å². The molecule has 1 fully saturated rings. The van der Waals surface area contributed by atoms with Gasteiger partial charge in [-0.15, -0.1) is 0 Å². The highest BCUT2D eigenvalue weighted by molar-refractivity contribution is 5.60. The third kappa shape index (κ3) is 4.14. The Bertz CT molecular complexity index is 719. The van der Waals surface area contributed by atoms with Crippen molar-refractivity contribution in [2.75, 3.05) is 25.1 Å². The molecule has 0 spiro atoms. The average Bonchev–Trinajstić information content (AvgIpc) is 3.34. The monoisotopic (exact) mass is 340 g/mol. The van der Waals surface area contributed by atoms with Gasteiger partial charge in [0.05, 0.1) is 12.7 Å². The van der Waals surface area contributed by atoms with Crippen LogP contribution in [0.15, 0.2) is 24.5 Å². The van der Waals surface area contributed by atoms with Gasteiger partial charge in [-0.3, -0.25) is 4.98 Å². The number of anilines is 1. The summed E-state index contributed by atoms with van der Waals surface area (Å²) < 4.78 is 5.56. The van der Waals surface area contributed by atoms with E-state index in [1.54, 1.807) is 12.4 Å². The van der Waals surface area contributed by atoms with E-state index in [1.807, 2.05) is 12.1 Å². The van der Waals surface area contributed by atoms with Crippen LogP contribution in [0.1, 0.15) is 30.5 Å². The third-order valence-electron chi connectivity index (χ3n) is 4.74. The summed E-state index contributed by atoms with van der Waals surface area (Å²) in [6, 6.07) is 3.84. The van der Waals surface area contributed by atoms with Crippen LogP contribution in [0.2, 0.25) is 0 Å². The second-order valence-corrected chi connectivity index (χ2v) is 6.93. The number of aliphatic hydroxyl groups is 1. The molecule has 1 atom stereocenters. The van der Waals surface area contributed by atoms with Gasteiger partial charge < -0.3 is 15.2 Å². The van der Waals surface area contributed by atoms with E-state index in [0.717, 1.165) is 42.9 Å². The lowest BCUT2D eigenvalue weighted by molar-refractivity contribution is 0.0385. The van der Waals surface area contributed by atoms with E-state index in [2.05, 4.69) is 10.3 Å². The van der Waals surface area contributed by atoms with Crippen molar-refractivity contribution in [3.63, 3.8) is 0 Å². The van der Waals surface area contributed by atoms with E-state index in [4.69, 9.17) is 14.7 Å². The summed E-state index contributed by atoms with van der Waals surface area (Å²) in [5.41, 5.74) is 3.26. The minimum atomic E-state index is -0.532. The Morgan fingerprint density at radius 3 is 2.84 bits per heavy atom. The van der Waals surface area contributed by atoms with Crippen LogP contribution in [0, 0.1) is 5.92 Å². The van der Waals surface area contributed by atoms with Crippen LogP contribution < -0.4 is 5.32 Å². The van der Waals surface area contributed by atoms with Gasteiger partial charge in [0.15, 0.2) is 5.82 Å². The van der Waals surface area contributed by atoms with E-state index < -0.39 is 6.10 Å². The van der Waals surface area contributed by atoms with Crippen LogP contribution >= 0.6 is 0 Å². The molecule has 0 saturated heterocycles. The molecule has 25 heavy (non-hydrogen) atoms. The van der Waals surface area contributed by atoms with Gasteiger partial charge in [0.2, 0.25) is 0 Å². The molecule has 2 heterocycles. The first-order valence-corrected chi connectivity index (χ1v) is 9.09. The van der Waals surface area contributed by atoms with Gasteiger partial charge in [-0.05, 0) is 50.2 Å². The molecule has 0 unspecified atom stereocenters. The molecule has 6 nitrogen and oxygen atoms in total. The number of hydrogen-bond acceptors (Lipinski definition) is 6.